The molecular formula is C20H24N4O. The van der Waals surface area contributed by atoms with Crippen molar-refractivity contribution in [3.63, 3.8) is 0 Å². The summed E-state index contributed by atoms with van der Waals surface area (Å²) in [4.78, 5) is 14.9. The molecule has 25 heavy (non-hydrogen) atoms. The summed E-state index contributed by atoms with van der Waals surface area (Å²) in [7, 11) is 1.92. The Labute approximate surface area is 148 Å². The molecular weight excluding hydrogens is 312 g/mol. The number of rotatable bonds is 4. The van der Waals surface area contributed by atoms with Crippen LogP contribution in [0.15, 0.2) is 36.4 Å². The Morgan fingerprint density at radius 2 is 2.12 bits per heavy atom. The molecule has 1 aromatic carbocycles. The van der Waals surface area contributed by atoms with Crippen molar-refractivity contribution in [3.8, 4) is 6.07 Å². The molecule has 0 aliphatic carbocycles. The van der Waals surface area contributed by atoms with Crippen LogP contribution in [0.5, 0.6) is 0 Å². The third-order valence-electron chi connectivity index (χ3n) is 5.07. The number of anilines is 1. The molecule has 1 aromatic heterocycles. The molecule has 1 aliphatic heterocycles. The molecule has 0 spiro atoms. The van der Waals surface area contributed by atoms with Crippen molar-refractivity contribution in [2.75, 3.05) is 18.4 Å². The topological polar surface area (TPSA) is 61.1 Å². The van der Waals surface area contributed by atoms with Crippen molar-refractivity contribution < 1.29 is 4.79 Å². The molecule has 1 fully saturated rings. The van der Waals surface area contributed by atoms with Gasteiger partial charge in [-0.1, -0.05) is 18.2 Å². The number of nitrogens with zero attached hydrogens (tertiary/aromatic N) is 3. The molecule has 0 unspecified atom stereocenters. The summed E-state index contributed by atoms with van der Waals surface area (Å²) in [6.45, 7) is 4.58. The molecule has 5 nitrogen and oxygen atoms in total. The van der Waals surface area contributed by atoms with Gasteiger partial charge in [-0.15, -0.1) is 0 Å². The first kappa shape index (κ1) is 17.2. The van der Waals surface area contributed by atoms with Crippen LogP contribution in [0.3, 0.4) is 0 Å². The Morgan fingerprint density at radius 1 is 1.36 bits per heavy atom. The lowest BCUT2D eigenvalue weighted by atomic mass is 9.96. The van der Waals surface area contributed by atoms with Crippen LogP contribution in [0, 0.1) is 24.2 Å². The zero-order chi connectivity index (χ0) is 17.8. The molecule has 1 aliphatic rings. The molecule has 1 saturated heterocycles. The van der Waals surface area contributed by atoms with Gasteiger partial charge in [-0.25, -0.2) is 0 Å². The van der Waals surface area contributed by atoms with Gasteiger partial charge in [0.2, 0.25) is 5.91 Å². The number of aromatic nitrogens is 1. The Balaban J connectivity index is 1.63. The highest BCUT2D eigenvalue weighted by molar-refractivity contribution is 5.92. The molecule has 2 aromatic rings. The average Bonchev–Trinajstić information content (AvgIpc) is 2.90. The van der Waals surface area contributed by atoms with E-state index >= 15 is 0 Å². The van der Waals surface area contributed by atoms with Gasteiger partial charge in [0.1, 0.15) is 11.8 Å². The minimum Gasteiger partial charge on any atom is -0.340 e. The highest BCUT2D eigenvalue weighted by Crippen LogP contribution is 2.22. The largest absolute Gasteiger partial charge is 0.340 e. The van der Waals surface area contributed by atoms with E-state index < -0.39 is 0 Å². The summed E-state index contributed by atoms with van der Waals surface area (Å²) < 4.78 is 1.93. The first-order chi connectivity index (χ1) is 12.1. The minimum atomic E-state index is 0.00779. The van der Waals surface area contributed by atoms with Crippen molar-refractivity contribution in [1.82, 2.24) is 9.47 Å². The van der Waals surface area contributed by atoms with Gasteiger partial charge in [0, 0.05) is 31.5 Å². The first-order valence-corrected chi connectivity index (χ1v) is 8.72. The first-order valence-electron chi connectivity index (χ1n) is 8.72. The molecule has 1 N–H and O–H groups in total. The van der Waals surface area contributed by atoms with Gasteiger partial charge >= 0.3 is 0 Å². The van der Waals surface area contributed by atoms with E-state index in [1.54, 1.807) is 0 Å². The number of likely N-dealkylation sites (tertiary alicyclic amines) is 1. The van der Waals surface area contributed by atoms with Gasteiger partial charge in [0.15, 0.2) is 0 Å². The maximum atomic E-state index is 12.6. The number of hydrogen-bond acceptors (Lipinski definition) is 3. The van der Waals surface area contributed by atoms with E-state index in [0.29, 0.717) is 5.69 Å². The summed E-state index contributed by atoms with van der Waals surface area (Å²) in [5.41, 5.74) is 3.82. The number of para-hydroxylation sites is 1. The summed E-state index contributed by atoms with van der Waals surface area (Å²) >= 11 is 0. The van der Waals surface area contributed by atoms with Crippen LogP contribution in [0.25, 0.3) is 0 Å². The lowest BCUT2D eigenvalue weighted by Crippen LogP contribution is -2.40. The van der Waals surface area contributed by atoms with Crippen molar-refractivity contribution in [2.45, 2.75) is 26.3 Å². The van der Waals surface area contributed by atoms with Crippen molar-refractivity contribution >= 4 is 11.6 Å². The average molecular weight is 336 g/mol. The molecule has 0 bridgehead atoms. The summed E-state index contributed by atoms with van der Waals surface area (Å²) in [6.07, 6.45) is 1.94. The molecule has 1 amide bonds. The normalized spacial score (nSPS) is 17.9. The molecule has 0 radical (unpaired) electrons. The van der Waals surface area contributed by atoms with Gasteiger partial charge < -0.3 is 9.88 Å². The van der Waals surface area contributed by atoms with E-state index in [4.69, 9.17) is 0 Å². The number of carbonyl (C=O) groups excluding carboxylic acids is 1. The number of carbonyl (C=O) groups is 1. The number of benzene rings is 1. The molecule has 1 atom stereocenters. The third kappa shape index (κ3) is 3.92. The van der Waals surface area contributed by atoms with Crippen LogP contribution in [-0.4, -0.2) is 28.5 Å². The summed E-state index contributed by atoms with van der Waals surface area (Å²) in [5.74, 6) is 0.104. The van der Waals surface area contributed by atoms with E-state index in [1.165, 1.54) is 5.56 Å². The highest BCUT2D eigenvalue weighted by atomic mass is 16.1. The van der Waals surface area contributed by atoms with E-state index in [0.717, 1.165) is 43.9 Å². The van der Waals surface area contributed by atoms with Crippen LogP contribution < -0.4 is 5.32 Å². The Kier molecular flexibility index (Phi) is 5.20. The van der Waals surface area contributed by atoms with E-state index in [9.17, 15) is 10.1 Å². The predicted molar refractivity (Wildman–Crippen MR) is 97.9 cm³/mol. The van der Waals surface area contributed by atoms with Gasteiger partial charge in [-0.3, -0.25) is 9.69 Å². The molecule has 0 saturated carbocycles. The molecule has 130 valence electrons. The number of piperidine rings is 1. The monoisotopic (exact) mass is 336 g/mol. The van der Waals surface area contributed by atoms with Crippen LogP contribution in [-0.2, 0) is 18.4 Å². The fourth-order valence-corrected chi connectivity index (χ4v) is 3.45. The number of nitrogens with one attached hydrogen (secondary N) is 1. The Hall–Kier alpha value is -2.58. The smallest absolute Gasteiger partial charge is 0.228 e. The zero-order valence-electron chi connectivity index (χ0n) is 14.8. The lowest BCUT2D eigenvalue weighted by Gasteiger charge is -2.32. The Morgan fingerprint density at radius 3 is 2.80 bits per heavy atom. The number of nitriles is 1. The van der Waals surface area contributed by atoms with Crippen LogP contribution >= 0.6 is 0 Å². The Bertz CT molecular complexity index is 788. The molecule has 3 rings (SSSR count). The molecule has 5 heteroatoms. The SMILES string of the molecule is Cc1c(CN2CCC[C@@H](C(=O)Nc3ccccc3)C2)cc(C#N)n1C. The quantitative estimate of drug-likeness (QED) is 0.933. The fourth-order valence-electron chi connectivity index (χ4n) is 3.45. The van der Waals surface area contributed by atoms with Crippen LogP contribution in [0.4, 0.5) is 5.69 Å². The van der Waals surface area contributed by atoms with Crippen LogP contribution in [0.1, 0.15) is 29.8 Å². The zero-order valence-corrected chi connectivity index (χ0v) is 14.8. The standard InChI is InChI=1S/C20H24N4O/c1-15-17(11-19(12-21)23(15)2)14-24-10-6-7-16(13-24)20(25)22-18-8-4-3-5-9-18/h3-5,8-9,11,16H,6-7,10,13-14H2,1-2H3,(H,22,25)/t16-/m1/s1. The van der Waals surface area contributed by atoms with E-state index in [-0.39, 0.29) is 11.8 Å². The fraction of sp³-hybridized carbons (Fsp3) is 0.400. The second kappa shape index (κ2) is 7.54. The highest BCUT2D eigenvalue weighted by Gasteiger charge is 2.26. The van der Waals surface area contributed by atoms with Crippen molar-refractivity contribution in [3.05, 3.63) is 53.3 Å². The molecule has 2 heterocycles. The van der Waals surface area contributed by atoms with Gasteiger partial charge in [-0.05, 0) is 50.1 Å². The van der Waals surface area contributed by atoms with Gasteiger partial charge in [0.05, 0.1) is 5.92 Å². The maximum Gasteiger partial charge on any atom is 0.228 e. The summed E-state index contributed by atoms with van der Waals surface area (Å²) in [6, 6.07) is 13.8. The number of hydrogen-bond donors (Lipinski definition) is 1. The van der Waals surface area contributed by atoms with E-state index in [2.05, 4.69) is 16.3 Å². The van der Waals surface area contributed by atoms with Crippen LogP contribution in [0.2, 0.25) is 0 Å². The van der Waals surface area contributed by atoms with Crippen molar-refractivity contribution in [1.29, 1.82) is 5.26 Å². The van der Waals surface area contributed by atoms with Gasteiger partial charge in [0.25, 0.3) is 0 Å². The summed E-state index contributed by atoms with van der Waals surface area (Å²) in [5, 5.41) is 12.2. The third-order valence-corrected chi connectivity index (χ3v) is 5.07. The minimum absolute atomic E-state index is 0.00779. The second-order valence-corrected chi connectivity index (χ2v) is 6.74. The van der Waals surface area contributed by atoms with Gasteiger partial charge in [-0.2, -0.15) is 5.26 Å². The van der Waals surface area contributed by atoms with Crippen molar-refractivity contribution in [2.24, 2.45) is 13.0 Å². The number of amides is 1. The maximum absolute atomic E-state index is 12.6. The lowest BCUT2D eigenvalue weighted by molar-refractivity contribution is -0.121. The predicted octanol–water partition coefficient (Wildman–Crippen LogP) is 3.06. The van der Waals surface area contributed by atoms with E-state index in [1.807, 2.05) is 54.9 Å². The second-order valence-electron chi connectivity index (χ2n) is 6.74.